The molecule has 0 radical (unpaired) electrons. The lowest BCUT2D eigenvalue weighted by molar-refractivity contribution is 0.666. The highest BCUT2D eigenvalue weighted by Crippen LogP contribution is 2.43. The van der Waals surface area contributed by atoms with Crippen LogP contribution >= 0.6 is 0 Å². The molecular formula is C55H35FN6O. The van der Waals surface area contributed by atoms with Gasteiger partial charge in [0.25, 0.3) is 0 Å². The maximum absolute atomic E-state index is 13.0. The van der Waals surface area contributed by atoms with Crippen molar-refractivity contribution in [1.82, 2.24) is 24.1 Å². The second-order valence-corrected chi connectivity index (χ2v) is 15.6. The van der Waals surface area contributed by atoms with Gasteiger partial charge in [0.2, 0.25) is 0 Å². The van der Waals surface area contributed by atoms with Gasteiger partial charge >= 0.3 is 0 Å². The third-order valence-corrected chi connectivity index (χ3v) is 12.1. The Balaban J connectivity index is 1.11. The second kappa shape index (κ2) is 14.5. The van der Waals surface area contributed by atoms with Crippen molar-refractivity contribution < 1.29 is 8.81 Å². The maximum Gasteiger partial charge on any atom is 0.159 e. The van der Waals surface area contributed by atoms with Crippen LogP contribution in [0, 0.1) is 0 Å². The Labute approximate surface area is 360 Å². The molecule has 0 unspecified atom stereocenters. The predicted octanol–water partition coefficient (Wildman–Crippen LogP) is 13.7. The van der Waals surface area contributed by atoms with Crippen molar-refractivity contribution in [3.05, 3.63) is 206 Å². The van der Waals surface area contributed by atoms with Crippen molar-refractivity contribution in [2.75, 3.05) is 0 Å². The van der Waals surface area contributed by atoms with E-state index in [-0.39, 0.29) is 0 Å². The van der Waals surface area contributed by atoms with Crippen LogP contribution in [-0.4, -0.2) is 24.1 Å². The molecule has 0 atom stereocenters. The summed E-state index contributed by atoms with van der Waals surface area (Å²) < 4.78 is 24.4. The van der Waals surface area contributed by atoms with Gasteiger partial charge in [0.1, 0.15) is 5.58 Å². The van der Waals surface area contributed by atoms with Crippen LogP contribution in [0.4, 0.5) is 4.39 Å². The minimum absolute atomic E-state index is 0.471. The summed E-state index contributed by atoms with van der Waals surface area (Å²) in [7, 11) is 0. The van der Waals surface area contributed by atoms with Crippen LogP contribution < -0.4 is 5.73 Å². The van der Waals surface area contributed by atoms with Gasteiger partial charge in [-0.1, -0.05) is 84.9 Å². The van der Waals surface area contributed by atoms with E-state index in [2.05, 4.69) is 106 Å². The summed E-state index contributed by atoms with van der Waals surface area (Å²) >= 11 is 0. The van der Waals surface area contributed by atoms with Gasteiger partial charge in [0, 0.05) is 62.6 Å². The molecule has 298 valence electrons. The fourth-order valence-corrected chi connectivity index (χ4v) is 9.33. The van der Waals surface area contributed by atoms with Gasteiger partial charge in [-0.15, -0.1) is 0 Å². The Morgan fingerprint density at radius 1 is 0.524 bits per heavy atom. The average molecular weight is 815 g/mol. The quantitative estimate of drug-likeness (QED) is 0.162. The van der Waals surface area contributed by atoms with Crippen molar-refractivity contribution in [3.63, 3.8) is 0 Å². The van der Waals surface area contributed by atoms with Crippen LogP contribution in [0.2, 0.25) is 0 Å². The number of halogens is 1. The standard InChI is InChI=1S/C55H35FN6O/c56-26-9-17-45(57)39-14-3-1-12-37(39)34-22-24-47-43(30-34)53-49(19-10-28-59-53)61(47)36-32-42-41-16-5-6-21-52(41)63-55(42)51(33-36)62-48-25-23-35(31-44(48)54-50(62)20-11-29-60-54)38-13-2-4-15-40(38)46-18-7-8-27-58-46/h1-33H,57H2/b26-9-,45-17-. The highest BCUT2D eigenvalue weighted by atomic mass is 19.1. The molecule has 63 heavy (non-hydrogen) atoms. The zero-order valence-electron chi connectivity index (χ0n) is 33.7. The highest BCUT2D eigenvalue weighted by Gasteiger charge is 2.23. The van der Waals surface area contributed by atoms with Crippen molar-refractivity contribution in [2.45, 2.75) is 0 Å². The van der Waals surface area contributed by atoms with Gasteiger partial charge < -0.3 is 19.3 Å². The molecule has 0 aliphatic rings. The molecule has 12 aromatic rings. The average Bonchev–Trinajstić information content (AvgIpc) is 4.00. The second-order valence-electron chi connectivity index (χ2n) is 15.6. The molecule has 0 saturated heterocycles. The van der Waals surface area contributed by atoms with Crippen LogP contribution in [0.15, 0.2) is 205 Å². The minimum Gasteiger partial charge on any atom is -0.454 e. The molecule has 0 bridgehead atoms. The Bertz CT molecular complexity index is 3840. The predicted molar refractivity (Wildman–Crippen MR) is 255 cm³/mol. The lowest BCUT2D eigenvalue weighted by atomic mass is 9.96. The van der Waals surface area contributed by atoms with E-state index in [1.165, 1.54) is 6.08 Å². The van der Waals surface area contributed by atoms with Crippen LogP contribution in [-0.2, 0) is 0 Å². The Hall–Kier alpha value is -8.62. The van der Waals surface area contributed by atoms with Crippen LogP contribution in [0.3, 0.4) is 0 Å². The Kier molecular flexibility index (Phi) is 8.36. The molecule has 12 rings (SSSR count). The third kappa shape index (κ3) is 5.76. The van der Waals surface area contributed by atoms with E-state index in [4.69, 9.17) is 25.1 Å². The van der Waals surface area contributed by atoms with Gasteiger partial charge in [-0.2, -0.15) is 0 Å². The topological polar surface area (TPSA) is 87.7 Å². The van der Waals surface area contributed by atoms with Crippen molar-refractivity contribution in [3.8, 4) is 44.9 Å². The number of nitrogens with zero attached hydrogens (tertiary/aromatic N) is 5. The smallest absolute Gasteiger partial charge is 0.159 e. The molecule has 6 aromatic heterocycles. The Morgan fingerprint density at radius 3 is 1.90 bits per heavy atom. The summed E-state index contributed by atoms with van der Waals surface area (Å²) in [6.07, 6.45) is 8.89. The molecule has 0 spiro atoms. The molecule has 2 N–H and O–H groups in total. The Morgan fingerprint density at radius 2 is 1.16 bits per heavy atom. The first-order valence-electron chi connectivity index (χ1n) is 20.7. The number of rotatable bonds is 7. The lowest BCUT2D eigenvalue weighted by Gasteiger charge is -2.14. The number of hydrogen-bond donors (Lipinski definition) is 1. The van der Waals surface area contributed by atoms with E-state index in [9.17, 15) is 4.39 Å². The van der Waals surface area contributed by atoms with Gasteiger partial charge in [0.05, 0.1) is 50.8 Å². The first-order chi connectivity index (χ1) is 31.1. The number of benzene rings is 6. The van der Waals surface area contributed by atoms with Crippen LogP contribution in [0.5, 0.6) is 0 Å². The molecule has 6 aromatic carbocycles. The minimum atomic E-state index is 0.471. The van der Waals surface area contributed by atoms with E-state index >= 15 is 0 Å². The molecule has 8 heteroatoms. The SMILES string of the molecule is N/C(=C\C=C/F)c1ccccc1-c1ccc2c(c1)c1ncccc1n2-c1cc(-n2c3ccc(-c4ccccc4-c4ccccn4)cc3c3ncccc32)c2oc3ccccc3c2c1. The fourth-order valence-electron chi connectivity index (χ4n) is 9.33. The zero-order chi connectivity index (χ0) is 42.0. The highest BCUT2D eigenvalue weighted by molar-refractivity contribution is 6.14. The lowest BCUT2D eigenvalue weighted by Crippen LogP contribution is -2.00. The normalized spacial score (nSPS) is 12.3. The van der Waals surface area contributed by atoms with Gasteiger partial charge in [0.15, 0.2) is 5.58 Å². The maximum atomic E-state index is 13.0. The molecule has 0 saturated carbocycles. The summed E-state index contributed by atoms with van der Waals surface area (Å²) in [5.74, 6) is 0. The largest absolute Gasteiger partial charge is 0.454 e. The number of allylic oxidation sites excluding steroid dienone is 2. The molecule has 6 heterocycles. The molecule has 7 nitrogen and oxygen atoms in total. The summed E-state index contributed by atoms with van der Waals surface area (Å²) in [5, 5.41) is 4.03. The van der Waals surface area contributed by atoms with E-state index in [0.29, 0.717) is 12.0 Å². The fraction of sp³-hybridized carbons (Fsp3) is 0. The molecule has 0 aliphatic heterocycles. The van der Waals surface area contributed by atoms with Crippen molar-refractivity contribution >= 4 is 71.5 Å². The first-order valence-corrected chi connectivity index (χ1v) is 20.7. The number of aromatic nitrogens is 5. The molecule has 0 amide bonds. The van der Waals surface area contributed by atoms with Crippen LogP contribution in [0.1, 0.15) is 5.56 Å². The molecule has 0 fully saturated rings. The number of nitrogens with two attached hydrogens (primary N) is 1. The monoisotopic (exact) mass is 814 g/mol. The van der Waals surface area contributed by atoms with Crippen LogP contribution in [0.25, 0.3) is 116 Å². The number of para-hydroxylation sites is 1. The van der Waals surface area contributed by atoms with E-state index in [0.717, 1.165) is 116 Å². The van der Waals surface area contributed by atoms with Gasteiger partial charge in [-0.05, 0) is 113 Å². The summed E-state index contributed by atoms with van der Waals surface area (Å²) in [6.45, 7) is 0. The third-order valence-electron chi connectivity index (χ3n) is 12.1. The zero-order valence-corrected chi connectivity index (χ0v) is 33.7. The first kappa shape index (κ1) is 36.2. The molecular weight excluding hydrogens is 780 g/mol. The number of hydrogen-bond acceptors (Lipinski definition) is 5. The number of fused-ring (bicyclic) bond motifs is 9. The summed E-state index contributed by atoms with van der Waals surface area (Å²) in [5.41, 5.74) is 22.9. The summed E-state index contributed by atoms with van der Waals surface area (Å²) in [4.78, 5) is 14.7. The molecule has 0 aliphatic carbocycles. The van der Waals surface area contributed by atoms with E-state index < -0.39 is 0 Å². The van der Waals surface area contributed by atoms with Crippen molar-refractivity contribution in [2.24, 2.45) is 5.73 Å². The summed E-state index contributed by atoms with van der Waals surface area (Å²) in [6, 6.07) is 56.3. The number of pyridine rings is 3. The van der Waals surface area contributed by atoms with Gasteiger partial charge in [-0.25, -0.2) is 4.39 Å². The van der Waals surface area contributed by atoms with E-state index in [1.807, 2.05) is 85.3 Å². The number of furan rings is 1. The van der Waals surface area contributed by atoms with Gasteiger partial charge in [-0.3, -0.25) is 15.0 Å². The van der Waals surface area contributed by atoms with Crippen molar-refractivity contribution in [1.29, 1.82) is 0 Å². The van der Waals surface area contributed by atoms with E-state index in [1.54, 1.807) is 6.08 Å².